The number of aliphatic hydroxyl groups excluding tert-OH is 1. The van der Waals surface area contributed by atoms with Crippen LogP contribution in [-0.2, 0) is 6.42 Å². The molecular formula is C11H10ClNOS. The summed E-state index contributed by atoms with van der Waals surface area (Å²) in [6, 6.07) is 5.59. The van der Waals surface area contributed by atoms with Gasteiger partial charge in [-0.25, -0.2) is 0 Å². The highest BCUT2D eigenvalue weighted by Crippen LogP contribution is 2.30. The number of halogens is 1. The zero-order chi connectivity index (χ0) is 10.7. The maximum absolute atomic E-state index is 9.95. The molecule has 1 atom stereocenters. The van der Waals surface area contributed by atoms with Crippen LogP contribution in [0.5, 0.6) is 0 Å². The first-order valence-corrected chi connectivity index (χ1v) is 5.83. The average molecular weight is 240 g/mol. The van der Waals surface area contributed by atoms with E-state index in [2.05, 4.69) is 4.98 Å². The quantitative estimate of drug-likeness (QED) is 0.893. The SMILES string of the molecule is OC(Cc1ccncc1)c1sccc1Cl. The van der Waals surface area contributed by atoms with Gasteiger partial charge in [-0.15, -0.1) is 11.3 Å². The maximum Gasteiger partial charge on any atom is 0.0937 e. The van der Waals surface area contributed by atoms with Crippen LogP contribution in [-0.4, -0.2) is 10.1 Å². The van der Waals surface area contributed by atoms with Gasteiger partial charge in [-0.1, -0.05) is 11.6 Å². The molecule has 0 fully saturated rings. The van der Waals surface area contributed by atoms with Crippen molar-refractivity contribution in [3.63, 3.8) is 0 Å². The first-order chi connectivity index (χ1) is 7.27. The standard InChI is InChI=1S/C11H10ClNOS/c12-9-3-6-15-11(9)10(14)7-8-1-4-13-5-2-8/h1-6,10,14H,7H2. The molecule has 0 aromatic carbocycles. The van der Waals surface area contributed by atoms with E-state index in [9.17, 15) is 5.11 Å². The molecule has 0 aliphatic heterocycles. The molecule has 0 spiro atoms. The number of pyridine rings is 1. The summed E-state index contributed by atoms with van der Waals surface area (Å²) in [7, 11) is 0. The van der Waals surface area contributed by atoms with Crippen molar-refractivity contribution < 1.29 is 5.11 Å². The number of aromatic nitrogens is 1. The average Bonchev–Trinajstić information content (AvgIpc) is 2.66. The summed E-state index contributed by atoms with van der Waals surface area (Å²) in [6.07, 6.45) is 3.48. The van der Waals surface area contributed by atoms with Gasteiger partial charge < -0.3 is 5.11 Å². The van der Waals surface area contributed by atoms with Gasteiger partial charge in [0.2, 0.25) is 0 Å². The minimum atomic E-state index is -0.528. The second-order valence-electron chi connectivity index (χ2n) is 3.21. The second-order valence-corrected chi connectivity index (χ2v) is 4.56. The van der Waals surface area contributed by atoms with Crippen LogP contribution in [0, 0.1) is 0 Å². The van der Waals surface area contributed by atoms with Gasteiger partial charge in [0, 0.05) is 18.8 Å². The molecule has 2 aromatic rings. The zero-order valence-corrected chi connectivity index (χ0v) is 9.50. The van der Waals surface area contributed by atoms with Crippen molar-refractivity contribution in [1.82, 2.24) is 4.98 Å². The molecule has 1 unspecified atom stereocenters. The van der Waals surface area contributed by atoms with E-state index in [1.165, 1.54) is 11.3 Å². The van der Waals surface area contributed by atoms with Crippen molar-refractivity contribution in [2.45, 2.75) is 12.5 Å². The van der Waals surface area contributed by atoms with Gasteiger partial charge >= 0.3 is 0 Å². The van der Waals surface area contributed by atoms with Crippen molar-refractivity contribution in [1.29, 1.82) is 0 Å². The van der Waals surface area contributed by atoms with Crippen molar-refractivity contribution >= 4 is 22.9 Å². The molecule has 2 nitrogen and oxygen atoms in total. The topological polar surface area (TPSA) is 33.1 Å². The summed E-state index contributed by atoms with van der Waals surface area (Å²) in [5.74, 6) is 0. The predicted molar refractivity (Wildman–Crippen MR) is 62.2 cm³/mol. The van der Waals surface area contributed by atoms with Crippen LogP contribution in [0.25, 0.3) is 0 Å². The van der Waals surface area contributed by atoms with E-state index in [4.69, 9.17) is 11.6 Å². The molecule has 0 saturated heterocycles. The van der Waals surface area contributed by atoms with Gasteiger partial charge in [0.1, 0.15) is 0 Å². The Balaban J connectivity index is 2.11. The van der Waals surface area contributed by atoms with Crippen LogP contribution < -0.4 is 0 Å². The van der Waals surface area contributed by atoms with Crippen LogP contribution in [0.1, 0.15) is 16.5 Å². The molecule has 0 aliphatic rings. The summed E-state index contributed by atoms with van der Waals surface area (Å²) < 4.78 is 0. The molecule has 78 valence electrons. The fourth-order valence-electron chi connectivity index (χ4n) is 1.38. The Bertz CT molecular complexity index is 429. The third-order valence-electron chi connectivity index (χ3n) is 2.13. The number of hydrogen-bond donors (Lipinski definition) is 1. The number of aliphatic hydroxyl groups is 1. The van der Waals surface area contributed by atoms with E-state index in [0.717, 1.165) is 10.4 Å². The third-order valence-corrected chi connectivity index (χ3v) is 3.59. The van der Waals surface area contributed by atoms with Crippen LogP contribution in [0.2, 0.25) is 5.02 Å². The molecule has 0 bridgehead atoms. The molecule has 0 amide bonds. The second kappa shape index (κ2) is 4.75. The van der Waals surface area contributed by atoms with Gasteiger partial charge in [-0.3, -0.25) is 4.98 Å². The number of nitrogens with zero attached hydrogens (tertiary/aromatic N) is 1. The summed E-state index contributed by atoms with van der Waals surface area (Å²) >= 11 is 7.42. The minimum absolute atomic E-state index is 0.528. The van der Waals surface area contributed by atoms with E-state index in [0.29, 0.717) is 11.4 Å². The largest absolute Gasteiger partial charge is 0.387 e. The van der Waals surface area contributed by atoms with Crippen LogP contribution in [0.15, 0.2) is 36.0 Å². The Labute approximate surface area is 97.2 Å². The van der Waals surface area contributed by atoms with E-state index in [1.807, 2.05) is 17.5 Å². The van der Waals surface area contributed by atoms with Crippen molar-refractivity contribution in [2.24, 2.45) is 0 Å². The maximum atomic E-state index is 9.95. The molecule has 0 saturated carbocycles. The predicted octanol–water partition coefficient (Wildman–Crippen LogP) is 3.07. The highest BCUT2D eigenvalue weighted by atomic mass is 35.5. The molecule has 0 radical (unpaired) electrons. The Hall–Kier alpha value is -0.900. The molecule has 4 heteroatoms. The monoisotopic (exact) mass is 239 g/mol. The summed E-state index contributed by atoms with van der Waals surface area (Å²) in [5.41, 5.74) is 1.06. The Morgan fingerprint density at radius 1 is 1.33 bits per heavy atom. The lowest BCUT2D eigenvalue weighted by Gasteiger charge is -2.08. The molecule has 2 aromatic heterocycles. The molecule has 0 aliphatic carbocycles. The minimum Gasteiger partial charge on any atom is -0.387 e. The smallest absolute Gasteiger partial charge is 0.0937 e. The molecule has 2 heterocycles. The van der Waals surface area contributed by atoms with E-state index >= 15 is 0 Å². The lowest BCUT2D eigenvalue weighted by molar-refractivity contribution is 0.182. The third kappa shape index (κ3) is 2.56. The summed E-state index contributed by atoms with van der Waals surface area (Å²) in [4.78, 5) is 4.76. The van der Waals surface area contributed by atoms with Crippen LogP contribution in [0.3, 0.4) is 0 Å². The summed E-state index contributed by atoms with van der Waals surface area (Å²) in [5, 5.41) is 12.5. The van der Waals surface area contributed by atoms with Crippen LogP contribution in [0.4, 0.5) is 0 Å². The zero-order valence-electron chi connectivity index (χ0n) is 7.93. The van der Waals surface area contributed by atoms with E-state index in [1.54, 1.807) is 18.5 Å². The Morgan fingerprint density at radius 3 is 2.67 bits per heavy atom. The van der Waals surface area contributed by atoms with E-state index in [-0.39, 0.29) is 0 Å². The number of thiophene rings is 1. The van der Waals surface area contributed by atoms with Gasteiger partial charge in [0.05, 0.1) is 16.0 Å². The van der Waals surface area contributed by atoms with Gasteiger partial charge in [0.25, 0.3) is 0 Å². The normalized spacial score (nSPS) is 12.7. The Morgan fingerprint density at radius 2 is 2.07 bits per heavy atom. The van der Waals surface area contributed by atoms with Crippen molar-refractivity contribution in [3.8, 4) is 0 Å². The first kappa shape index (κ1) is 10.6. The molecule has 1 N–H and O–H groups in total. The summed E-state index contributed by atoms with van der Waals surface area (Å²) in [6.45, 7) is 0. The molecule has 15 heavy (non-hydrogen) atoms. The molecular weight excluding hydrogens is 230 g/mol. The van der Waals surface area contributed by atoms with Crippen LogP contribution >= 0.6 is 22.9 Å². The highest BCUT2D eigenvalue weighted by molar-refractivity contribution is 7.10. The van der Waals surface area contributed by atoms with Crippen molar-refractivity contribution in [2.75, 3.05) is 0 Å². The lowest BCUT2D eigenvalue weighted by atomic mass is 10.1. The number of hydrogen-bond acceptors (Lipinski definition) is 3. The first-order valence-electron chi connectivity index (χ1n) is 4.57. The van der Waals surface area contributed by atoms with E-state index < -0.39 is 6.10 Å². The van der Waals surface area contributed by atoms with Gasteiger partial charge in [-0.05, 0) is 29.1 Å². The fraction of sp³-hybridized carbons (Fsp3) is 0.182. The van der Waals surface area contributed by atoms with Gasteiger partial charge in [0.15, 0.2) is 0 Å². The Kier molecular flexibility index (Phi) is 3.36. The lowest BCUT2D eigenvalue weighted by Crippen LogP contribution is -2.00. The molecule has 2 rings (SSSR count). The van der Waals surface area contributed by atoms with Crippen molar-refractivity contribution in [3.05, 3.63) is 51.4 Å². The fourth-order valence-corrected chi connectivity index (χ4v) is 2.55. The number of rotatable bonds is 3. The highest BCUT2D eigenvalue weighted by Gasteiger charge is 2.13. The van der Waals surface area contributed by atoms with Gasteiger partial charge in [-0.2, -0.15) is 0 Å².